The van der Waals surface area contributed by atoms with Crippen molar-refractivity contribution in [3.05, 3.63) is 53.2 Å². The number of rotatable bonds is 3. The molecule has 1 amide bonds. The quantitative estimate of drug-likeness (QED) is 0.783. The maximum Gasteiger partial charge on any atom is 0.257 e. The molecule has 1 fully saturated rings. The highest BCUT2D eigenvalue weighted by Crippen LogP contribution is 2.25. The maximum absolute atomic E-state index is 12.9. The molecule has 0 saturated carbocycles. The third-order valence-corrected chi connectivity index (χ3v) is 4.81. The number of aliphatic hydroxyl groups is 1. The monoisotopic (exact) mass is 340 g/mol. The normalized spacial score (nSPS) is 20.5. The molecular weight excluding hydrogens is 320 g/mol. The first-order valence-electron chi connectivity index (χ1n) is 8.35. The van der Waals surface area contributed by atoms with Gasteiger partial charge in [-0.05, 0) is 25.5 Å². The molecule has 1 N–H and O–H groups in total. The molecule has 0 aromatic carbocycles. The van der Waals surface area contributed by atoms with E-state index in [0.717, 1.165) is 22.5 Å². The van der Waals surface area contributed by atoms with Crippen LogP contribution in [-0.4, -0.2) is 49.9 Å². The predicted octanol–water partition coefficient (Wildman–Crippen LogP) is 1.61. The number of fused-ring (bicyclic) bond motifs is 1. The number of aliphatic hydroxyl groups excluding tert-OH is 1. The van der Waals surface area contributed by atoms with Crippen LogP contribution in [0.25, 0.3) is 5.52 Å². The van der Waals surface area contributed by atoms with E-state index in [2.05, 4.69) is 10.3 Å². The van der Waals surface area contributed by atoms with Crippen molar-refractivity contribution in [1.29, 1.82) is 0 Å². The third kappa shape index (κ3) is 2.80. The average molecular weight is 340 g/mol. The molecule has 25 heavy (non-hydrogen) atoms. The standard InChI is InChI=1S/C18H20N4O3/c1-11-4-3-5-22-17(11)15(8-19-22)18(24)21-9-13(16(23)10-21)7-14-6-12(2)20-25-14/h3-6,8,13,16,23H,7,9-10H2,1-2H3/t13-,16-/m1/s1. The summed E-state index contributed by atoms with van der Waals surface area (Å²) < 4.78 is 6.95. The summed E-state index contributed by atoms with van der Waals surface area (Å²) in [5.41, 5.74) is 3.20. The van der Waals surface area contributed by atoms with Crippen LogP contribution in [0, 0.1) is 19.8 Å². The lowest BCUT2D eigenvalue weighted by Gasteiger charge is -2.15. The summed E-state index contributed by atoms with van der Waals surface area (Å²) >= 11 is 0. The summed E-state index contributed by atoms with van der Waals surface area (Å²) in [4.78, 5) is 14.6. The largest absolute Gasteiger partial charge is 0.391 e. The van der Waals surface area contributed by atoms with Crippen LogP contribution in [0.1, 0.15) is 27.4 Å². The summed E-state index contributed by atoms with van der Waals surface area (Å²) in [6, 6.07) is 5.73. The van der Waals surface area contributed by atoms with E-state index in [-0.39, 0.29) is 11.8 Å². The lowest BCUT2D eigenvalue weighted by molar-refractivity contribution is 0.0766. The van der Waals surface area contributed by atoms with Gasteiger partial charge in [0.25, 0.3) is 5.91 Å². The van der Waals surface area contributed by atoms with Crippen LogP contribution < -0.4 is 0 Å². The van der Waals surface area contributed by atoms with Gasteiger partial charge in [0.05, 0.1) is 29.1 Å². The summed E-state index contributed by atoms with van der Waals surface area (Å²) in [6.45, 7) is 4.63. The smallest absolute Gasteiger partial charge is 0.257 e. The molecule has 4 heterocycles. The minimum Gasteiger partial charge on any atom is -0.391 e. The van der Waals surface area contributed by atoms with Gasteiger partial charge < -0.3 is 14.5 Å². The van der Waals surface area contributed by atoms with Gasteiger partial charge in [0, 0.05) is 37.7 Å². The Balaban J connectivity index is 1.55. The Morgan fingerprint density at radius 2 is 2.24 bits per heavy atom. The zero-order valence-corrected chi connectivity index (χ0v) is 14.2. The number of nitrogens with zero attached hydrogens (tertiary/aromatic N) is 4. The first-order valence-corrected chi connectivity index (χ1v) is 8.35. The predicted molar refractivity (Wildman–Crippen MR) is 90.3 cm³/mol. The lowest BCUT2D eigenvalue weighted by Crippen LogP contribution is -2.29. The van der Waals surface area contributed by atoms with Crippen LogP contribution in [0.3, 0.4) is 0 Å². The number of hydrogen-bond donors (Lipinski definition) is 1. The van der Waals surface area contributed by atoms with Crippen LogP contribution in [0.2, 0.25) is 0 Å². The first kappa shape index (κ1) is 15.8. The highest BCUT2D eigenvalue weighted by Gasteiger charge is 2.36. The molecule has 0 radical (unpaired) electrons. The second-order valence-electron chi connectivity index (χ2n) is 6.72. The molecule has 1 aliphatic heterocycles. The van der Waals surface area contributed by atoms with Crippen molar-refractivity contribution in [2.75, 3.05) is 13.1 Å². The van der Waals surface area contributed by atoms with Crippen LogP contribution in [0.15, 0.2) is 35.1 Å². The fourth-order valence-electron chi connectivity index (χ4n) is 3.53. The minimum absolute atomic E-state index is 0.0563. The van der Waals surface area contributed by atoms with Gasteiger partial charge in [0.1, 0.15) is 5.76 Å². The molecular formula is C18H20N4O3. The van der Waals surface area contributed by atoms with Gasteiger partial charge in [-0.15, -0.1) is 0 Å². The molecule has 130 valence electrons. The fraction of sp³-hybridized carbons (Fsp3) is 0.389. The van der Waals surface area contributed by atoms with Gasteiger partial charge in [-0.2, -0.15) is 5.10 Å². The Kier molecular flexibility index (Phi) is 3.80. The molecule has 0 aliphatic carbocycles. The number of aryl methyl sites for hydroxylation is 2. The highest BCUT2D eigenvalue weighted by atomic mass is 16.5. The topological polar surface area (TPSA) is 83.9 Å². The van der Waals surface area contributed by atoms with E-state index < -0.39 is 6.10 Å². The fourth-order valence-corrected chi connectivity index (χ4v) is 3.53. The van der Waals surface area contributed by atoms with Gasteiger partial charge in [0.2, 0.25) is 0 Å². The lowest BCUT2D eigenvalue weighted by atomic mass is 10.0. The second kappa shape index (κ2) is 6.00. The molecule has 1 aliphatic rings. The number of carbonyl (C=O) groups excluding carboxylic acids is 1. The van der Waals surface area contributed by atoms with Crippen LogP contribution in [-0.2, 0) is 6.42 Å². The Hall–Kier alpha value is -2.67. The van der Waals surface area contributed by atoms with Crippen LogP contribution >= 0.6 is 0 Å². The van der Waals surface area contributed by atoms with Gasteiger partial charge in [-0.1, -0.05) is 11.2 Å². The van der Waals surface area contributed by atoms with E-state index in [9.17, 15) is 9.90 Å². The number of amides is 1. The Morgan fingerprint density at radius 3 is 3.00 bits per heavy atom. The molecule has 1 saturated heterocycles. The van der Waals surface area contributed by atoms with Gasteiger partial charge >= 0.3 is 0 Å². The van der Waals surface area contributed by atoms with Crippen molar-refractivity contribution in [3.8, 4) is 0 Å². The first-order chi connectivity index (χ1) is 12.0. The van der Waals surface area contributed by atoms with Crippen molar-refractivity contribution >= 4 is 11.4 Å². The van der Waals surface area contributed by atoms with Crippen molar-refractivity contribution in [3.63, 3.8) is 0 Å². The summed E-state index contributed by atoms with van der Waals surface area (Å²) in [7, 11) is 0. The molecule has 0 bridgehead atoms. The maximum atomic E-state index is 12.9. The molecule has 3 aromatic heterocycles. The third-order valence-electron chi connectivity index (χ3n) is 4.81. The number of pyridine rings is 1. The second-order valence-corrected chi connectivity index (χ2v) is 6.72. The molecule has 7 nitrogen and oxygen atoms in total. The molecule has 7 heteroatoms. The molecule has 0 unspecified atom stereocenters. The molecule has 4 rings (SSSR count). The Labute approximate surface area is 144 Å². The number of carbonyl (C=O) groups is 1. The number of hydrogen-bond acceptors (Lipinski definition) is 5. The molecule has 2 atom stereocenters. The van der Waals surface area contributed by atoms with Crippen molar-refractivity contribution in [2.45, 2.75) is 26.4 Å². The molecule has 3 aromatic rings. The highest BCUT2D eigenvalue weighted by molar-refractivity contribution is 6.01. The van der Waals surface area contributed by atoms with E-state index in [0.29, 0.717) is 25.1 Å². The zero-order chi connectivity index (χ0) is 17.6. The van der Waals surface area contributed by atoms with Gasteiger partial charge in [-0.25, -0.2) is 4.52 Å². The van der Waals surface area contributed by atoms with E-state index >= 15 is 0 Å². The van der Waals surface area contributed by atoms with Crippen molar-refractivity contribution in [1.82, 2.24) is 19.7 Å². The van der Waals surface area contributed by atoms with E-state index in [1.165, 1.54) is 0 Å². The summed E-state index contributed by atoms with van der Waals surface area (Å²) in [5, 5.41) is 18.5. The van der Waals surface area contributed by atoms with Gasteiger partial charge in [0.15, 0.2) is 0 Å². The van der Waals surface area contributed by atoms with Gasteiger partial charge in [-0.3, -0.25) is 4.79 Å². The number of β-amino-alcohol motifs (C(OH)–C–C–N with tert-alkyl or cyclic N) is 1. The Morgan fingerprint density at radius 1 is 1.40 bits per heavy atom. The zero-order valence-electron chi connectivity index (χ0n) is 14.2. The van der Waals surface area contributed by atoms with E-state index in [1.807, 2.05) is 38.2 Å². The minimum atomic E-state index is -0.572. The van der Waals surface area contributed by atoms with E-state index in [1.54, 1.807) is 15.6 Å². The number of likely N-dealkylation sites (tertiary alicyclic amines) is 1. The van der Waals surface area contributed by atoms with Crippen LogP contribution in [0.4, 0.5) is 0 Å². The SMILES string of the molecule is Cc1cc(C[C@@H]2CN(C(=O)c3cnn4cccc(C)c34)C[C@H]2O)on1. The van der Waals surface area contributed by atoms with Crippen molar-refractivity contribution < 1.29 is 14.4 Å². The Bertz CT molecular complexity index is 929. The summed E-state index contributed by atoms with van der Waals surface area (Å²) in [5.74, 6) is 0.585. The molecule has 0 spiro atoms. The number of aromatic nitrogens is 3. The van der Waals surface area contributed by atoms with Crippen LogP contribution in [0.5, 0.6) is 0 Å². The van der Waals surface area contributed by atoms with E-state index in [4.69, 9.17) is 4.52 Å². The average Bonchev–Trinajstić information content (AvgIpc) is 3.27. The summed E-state index contributed by atoms with van der Waals surface area (Å²) in [6.07, 6.45) is 3.42. The van der Waals surface area contributed by atoms with Crippen molar-refractivity contribution in [2.24, 2.45) is 5.92 Å².